The van der Waals surface area contributed by atoms with Gasteiger partial charge in [-0.3, -0.25) is 9.59 Å². The molecule has 3 N–H and O–H groups in total. The number of ether oxygens (including phenoxy) is 2. The van der Waals surface area contributed by atoms with Crippen LogP contribution in [0.3, 0.4) is 0 Å². The van der Waals surface area contributed by atoms with E-state index in [1.165, 1.54) is 0 Å². The van der Waals surface area contributed by atoms with Gasteiger partial charge < -0.3 is 20.5 Å². The molecule has 6 nitrogen and oxygen atoms in total. The van der Waals surface area contributed by atoms with Crippen LogP contribution in [0.5, 0.6) is 11.5 Å². The van der Waals surface area contributed by atoms with Crippen LogP contribution in [0.1, 0.15) is 17.3 Å². The van der Waals surface area contributed by atoms with Crippen molar-refractivity contribution >= 4 is 17.5 Å². The number of carbonyl (C=O) groups excluding carboxylic acids is 2. The fourth-order valence-electron chi connectivity index (χ4n) is 1.87. The van der Waals surface area contributed by atoms with Gasteiger partial charge in [0.2, 0.25) is 5.91 Å². The standard InChI is InChI=1S/C17H18N2O4/c1-11(23-15-9-7-14(22-2)8-10-15)17(21)19-13-5-3-12(4-6-13)16(18)20/h3-11H,1-2H3,(H2,18,20)(H,19,21)/t11-/m1/s1. The summed E-state index contributed by atoms with van der Waals surface area (Å²) < 4.78 is 10.6. The van der Waals surface area contributed by atoms with Gasteiger partial charge in [0, 0.05) is 11.3 Å². The average Bonchev–Trinajstić information content (AvgIpc) is 2.56. The van der Waals surface area contributed by atoms with Crippen molar-refractivity contribution in [1.29, 1.82) is 0 Å². The highest BCUT2D eigenvalue weighted by atomic mass is 16.5. The molecule has 2 amide bonds. The first-order valence-corrected chi connectivity index (χ1v) is 7.01. The van der Waals surface area contributed by atoms with E-state index in [0.717, 1.165) is 0 Å². The van der Waals surface area contributed by atoms with Gasteiger partial charge in [0.05, 0.1) is 7.11 Å². The monoisotopic (exact) mass is 314 g/mol. The molecule has 0 radical (unpaired) electrons. The van der Waals surface area contributed by atoms with Crippen molar-refractivity contribution < 1.29 is 19.1 Å². The Morgan fingerprint density at radius 2 is 1.57 bits per heavy atom. The number of amides is 2. The van der Waals surface area contributed by atoms with E-state index in [-0.39, 0.29) is 5.91 Å². The summed E-state index contributed by atoms with van der Waals surface area (Å²) in [5.74, 6) is 0.466. The topological polar surface area (TPSA) is 90.7 Å². The third-order valence-corrected chi connectivity index (χ3v) is 3.18. The molecule has 6 heteroatoms. The number of hydrogen-bond acceptors (Lipinski definition) is 4. The summed E-state index contributed by atoms with van der Waals surface area (Å²) in [4.78, 5) is 23.1. The number of nitrogens with one attached hydrogen (secondary N) is 1. The maximum Gasteiger partial charge on any atom is 0.265 e. The van der Waals surface area contributed by atoms with Gasteiger partial charge in [-0.05, 0) is 55.5 Å². The lowest BCUT2D eigenvalue weighted by Crippen LogP contribution is -2.30. The lowest BCUT2D eigenvalue weighted by Gasteiger charge is -2.15. The fraction of sp³-hybridized carbons (Fsp3) is 0.176. The van der Waals surface area contributed by atoms with Crippen molar-refractivity contribution in [1.82, 2.24) is 0 Å². The Labute approximate surface area is 134 Å². The van der Waals surface area contributed by atoms with Crippen molar-refractivity contribution in [2.45, 2.75) is 13.0 Å². The molecule has 0 heterocycles. The Morgan fingerprint density at radius 1 is 1.00 bits per heavy atom. The number of methoxy groups -OCH3 is 1. The molecular formula is C17H18N2O4. The molecule has 2 aromatic carbocycles. The predicted molar refractivity (Wildman–Crippen MR) is 86.7 cm³/mol. The van der Waals surface area contributed by atoms with E-state index >= 15 is 0 Å². The van der Waals surface area contributed by atoms with Gasteiger partial charge in [-0.1, -0.05) is 0 Å². The van der Waals surface area contributed by atoms with E-state index in [4.69, 9.17) is 15.2 Å². The molecule has 0 unspecified atom stereocenters. The van der Waals surface area contributed by atoms with E-state index in [9.17, 15) is 9.59 Å². The largest absolute Gasteiger partial charge is 0.497 e. The van der Waals surface area contributed by atoms with Gasteiger partial charge in [0.15, 0.2) is 6.10 Å². The van der Waals surface area contributed by atoms with Gasteiger partial charge in [0.25, 0.3) is 5.91 Å². The third kappa shape index (κ3) is 4.47. The van der Waals surface area contributed by atoms with Crippen molar-refractivity contribution in [3.8, 4) is 11.5 Å². The fourth-order valence-corrected chi connectivity index (χ4v) is 1.87. The SMILES string of the molecule is COc1ccc(O[C@H](C)C(=O)Nc2ccc(C(N)=O)cc2)cc1. The molecule has 0 bridgehead atoms. The molecule has 0 aliphatic carbocycles. The number of nitrogens with two attached hydrogens (primary N) is 1. The van der Waals surface area contributed by atoms with Gasteiger partial charge in [-0.25, -0.2) is 0 Å². The second kappa shape index (κ2) is 7.31. The lowest BCUT2D eigenvalue weighted by atomic mass is 10.2. The predicted octanol–water partition coefficient (Wildman–Crippen LogP) is 2.20. The Bertz CT molecular complexity index is 681. The van der Waals surface area contributed by atoms with Crippen LogP contribution in [0, 0.1) is 0 Å². The number of primary amides is 1. The number of benzene rings is 2. The van der Waals surface area contributed by atoms with Crippen LogP contribution in [0.15, 0.2) is 48.5 Å². The number of carbonyl (C=O) groups is 2. The number of hydrogen-bond donors (Lipinski definition) is 2. The van der Waals surface area contributed by atoms with Crippen LogP contribution in [0.2, 0.25) is 0 Å². The van der Waals surface area contributed by atoms with E-state index in [0.29, 0.717) is 22.7 Å². The maximum atomic E-state index is 12.1. The summed E-state index contributed by atoms with van der Waals surface area (Å²) in [5, 5.41) is 2.71. The summed E-state index contributed by atoms with van der Waals surface area (Å²) in [6.07, 6.45) is -0.681. The van der Waals surface area contributed by atoms with Crippen molar-refractivity contribution in [2.75, 3.05) is 12.4 Å². The summed E-state index contributed by atoms with van der Waals surface area (Å²) in [7, 11) is 1.58. The molecule has 0 aromatic heterocycles. The second-order valence-corrected chi connectivity index (χ2v) is 4.87. The van der Waals surface area contributed by atoms with Crippen LogP contribution in [-0.4, -0.2) is 25.0 Å². The molecule has 0 saturated heterocycles. The molecule has 0 fully saturated rings. The highest BCUT2D eigenvalue weighted by Gasteiger charge is 2.15. The maximum absolute atomic E-state index is 12.1. The van der Waals surface area contributed by atoms with Gasteiger partial charge in [-0.15, -0.1) is 0 Å². The first-order chi connectivity index (χ1) is 11.0. The van der Waals surface area contributed by atoms with Crippen LogP contribution in [0.25, 0.3) is 0 Å². The van der Waals surface area contributed by atoms with Gasteiger partial charge in [-0.2, -0.15) is 0 Å². The normalized spacial score (nSPS) is 11.4. The van der Waals surface area contributed by atoms with E-state index in [2.05, 4.69) is 5.32 Å². The van der Waals surface area contributed by atoms with Crippen LogP contribution in [0.4, 0.5) is 5.69 Å². The molecule has 0 saturated carbocycles. The van der Waals surface area contributed by atoms with E-state index in [1.54, 1.807) is 62.6 Å². The third-order valence-electron chi connectivity index (χ3n) is 3.18. The molecule has 0 aliphatic heterocycles. The molecule has 0 aliphatic rings. The Morgan fingerprint density at radius 3 is 2.09 bits per heavy atom. The zero-order valence-corrected chi connectivity index (χ0v) is 12.9. The van der Waals surface area contributed by atoms with Crippen LogP contribution >= 0.6 is 0 Å². The summed E-state index contributed by atoms with van der Waals surface area (Å²) in [5.41, 5.74) is 6.11. The number of rotatable bonds is 6. The van der Waals surface area contributed by atoms with Crippen molar-refractivity contribution in [3.63, 3.8) is 0 Å². The quantitative estimate of drug-likeness (QED) is 0.855. The van der Waals surface area contributed by atoms with E-state index in [1.807, 2.05) is 0 Å². The summed E-state index contributed by atoms with van der Waals surface area (Å²) >= 11 is 0. The Hall–Kier alpha value is -3.02. The highest BCUT2D eigenvalue weighted by molar-refractivity contribution is 5.96. The first-order valence-electron chi connectivity index (χ1n) is 7.01. The van der Waals surface area contributed by atoms with Gasteiger partial charge in [0.1, 0.15) is 11.5 Å². The zero-order valence-electron chi connectivity index (χ0n) is 12.9. The minimum Gasteiger partial charge on any atom is -0.497 e. The van der Waals surface area contributed by atoms with E-state index < -0.39 is 12.0 Å². The van der Waals surface area contributed by atoms with Crippen molar-refractivity contribution in [2.24, 2.45) is 5.73 Å². The smallest absolute Gasteiger partial charge is 0.265 e. The second-order valence-electron chi connectivity index (χ2n) is 4.87. The lowest BCUT2D eigenvalue weighted by molar-refractivity contribution is -0.122. The first kappa shape index (κ1) is 16.4. The molecular weight excluding hydrogens is 296 g/mol. The Kier molecular flexibility index (Phi) is 5.19. The van der Waals surface area contributed by atoms with Crippen molar-refractivity contribution in [3.05, 3.63) is 54.1 Å². The molecule has 2 aromatic rings. The molecule has 0 spiro atoms. The molecule has 23 heavy (non-hydrogen) atoms. The van der Waals surface area contributed by atoms with Crippen LogP contribution < -0.4 is 20.5 Å². The van der Waals surface area contributed by atoms with Gasteiger partial charge >= 0.3 is 0 Å². The zero-order chi connectivity index (χ0) is 16.8. The Balaban J connectivity index is 1.94. The molecule has 1 atom stereocenters. The minimum atomic E-state index is -0.681. The average molecular weight is 314 g/mol. The van der Waals surface area contributed by atoms with Crippen LogP contribution in [-0.2, 0) is 4.79 Å². The summed E-state index contributed by atoms with van der Waals surface area (Å²) in [6.45, 7) is 1.65. The molecule has 120 valence electrons. The number of anilines is 1. The highest BCUT2D eigenvalue weighted by Crippen LogP contribution is 2.18. The molecule has 2 rings (SSSR count). The summed E-state index contributed by atoms with van der Waals surface area (Å²) in [6, 6.07) is 13.3. The minimum absolute atomic E-state index is 0.298.